The maximum absolute atomic E-state index is 5.38. The number of aryl methyl sites for hydroxylation is 1. The smallest absolute Gasteiger partial charge is 0.179 e. The summed E-state index contributed by atoms with van der Waals surface area (Å²) in [6.07, 6.45) is -0.0698. The number of amidine groups is 1. The second kappa shape index (κ2) is 4.03. The van der Waals surface area contributed by atoms with E-state index in [4.69, 9.17) is 4.84 Å². The van der Waals surface area contributed by atoms with Crippen LogP contribution in [0.3, 0.4) is 0 Å². The van der Waals surface area contributed by atoms with Gasteiger partial charge in [-0.1, -0.05) is 38.1 Å². The minimum absolute atomic E-state index is 0.0698. The van der Waals surface area contributed by atoms with Gasteiger partial charge in [-0.25, -0.2) is 15.3 Å². The largest absolute Gasteiger partial charge is 0.248 e. The molecule has 0 saturated heterocycles. The number of hydrogen-bond acceptors (Lipinski definition) is 3. The van der Waals surface area contributed by atoms with Gasteiger partial charge in [0.05, 0.1) is 0 Å². The van der Waals surface area contributed by atoms with Gasteiger partial charge in [0.1, 0.15) is 0 Å². The number of aliphatic imine (C=N–C) groups is 1. The van der Waals surface area contributed by atoms with E-state index in [9.17, 15) is 0 Å². The van der Waals surface area contributed by atoms with Crippen LogP contribution in [0.15, 0.2) is 29.3 Å². The predicted molar refractivity (Wildman–Crippen MR) is 60.6 cm³/mol. The van der Waals surface area contributed by atoms with Gasteiger partial charge < -0.3 is 0 Å². The lowest BCUT2D eigenvalue weighted by molar-refractivity contribution is 0.0107. The second-order valence-electron chi connectivity index (χ2n) is 4.15. The molecule has 1 aliphatic heterocycles. The molecule has 1 N–H and O–H groups in total. The highest BCUT2D eigenvalue weighted by molar-refractivity contribution is 6.00. The molecule has 0 aliphatic carbocycles. The molecule has 15 heavy (non-hydrogen) atoms. The average molecular weight is 204 g/mol. The zero-order valence-electron chi connectivity index (χ0n) is 9.32. The number of nitrogens with zero attached hydrogens (tertiary/aromatic N) is 1. The van der Waals surface area contributed by atoms with Crippen LogP contribution in [0.5, 0.6) is 0 Å². The van der Waals surface area contributed by atoms with Crippen LogP contribution in [0.2, 0.25) is 0 Å². The van der Waals surface area contributed by atoms with E-state index in [0.29, 0.717) is 5.92 Å². The molecule has 3 heteroatoms. The first-order valence-electron chi connectivity index (χ1n) is 5.24. The summed E-state index contributed by atoms with van der Waals surface area (Å²) in [7, 11) is 0. The number of nitrogens with one attached hydrogen (secondary N) is 1. The molecule has 3 nitrogen and oxygen atoms in total. The summed E-state index contributed by atoms with van der Waals surface area (Å²) in [6, 6.07) is 8.15. The van der Waals surface area contributed by atoms with Gasteiger partial charge in [-0.15, -0.1) is 0 Å². The number of hydroxylamine groups is 1. The normalized spacial score (nSPS) is 20.3. The van der Waals surface area contributed by atoms with Crippen LogP contribution in [0.1, 0.15) is 25.0 Å². The maximum atomic E-state index is 5.38. The molecule has 1 unspecified atom stereocenters. The number of hydrogen-bond donors (Lipinski definition) is 1. The Bertz CT molecular complexity index is 385. The van der Waals surface area contributed by atoms with Crippen molar-refractivity contribution in [2.75, 3.05) is 0 Å². The van der Waals surface area contributed by atoms with Crippen LogP contribution in [0.4, 0.5) is 0 Å². The molecule has 2 rings (SSSR count). The lowest BCUT2D eigenvalue weighted by Gasteiger charge is -2.07. The average Bonchev–Trinajstić information content (AvgIpc) is 2.67. The SMILES string of the molecule is Cc1ccccc1C1=NC(C(C)C)ON1. The summed E-state index contributed by atoms with van der Waals surface area (Å²) < 4.78 is 0. The molecule has 0 aromatic heterocycles. The summed E-state index contributed by atoms with van der Waals surface area (Å²) >= 11 is 0. The fourth-order valence-electron chi connectivity index (χ4n) is 1.54. The Morgan fingerprint density at radius 2 is 2.07 bits per heavy atom. The van der Waals surface area contributed by atoms with E-state index in [-0.39, 0.29) is 6.23 Å². The molecule has 80 valence electrons. The molecule has 1 aliphatic rings. The van der Waals surface area contributed by atoms with Crippen molar-refractivity contribution in [2.24, 2.45) is 10.9 Å². The van der Waals surface area contributed by atoms with E-state index in [2.05, 4.69) is 37.3 Å². The predicted octanol–water partition coefficient (Wildman–Crippen LogP) is 2.26. The minimum atomic E-state index is -0.0698. The third-order valence-electron chi connectivity index (χ3n) is 2.50. The molecule has 0 amide bonds. The minimum Gasteiger partial charge on any atom is -0.248 e. The van der Waals surface area contributed by atoms with Crippen molar-refractivity contribution in [2.45, 2.75) is 27.0 Å². The molecule has 0 spiro atoms. The highest BCUT2D eigenvalue weighted by atomic mass is 16.7. The number of rotatable bonds is 2. The first-order chi connectivity index (χ1) is 7.18. The molecule has 0 fully saturated rings. The van der Waals surface area contributed by atoms with Crippen molar-refractivity contribution in [3.63, 3.8) is 0 Å². The third-order valence-corrected chi connectivity index (χ3v) is 2.50. The van der Waals surface area contributed by atoms with Gasteiger partial charge in [0.25, 0.3) is 0 Å². The van der Waals surface area contributed by atoms with Gasteiger partial charge in [0, 0.05) is 11.5 Å². The van der Waals surface area contributed by atoms with Gasteiger partial charge in [-0.2, -0.15) is 0 Å². The van der Waals surface area contributed by atoms with Crippen molar-refractivity contribution >= 4 is 5.84 Å². The van der Waals surface area contributed by atoms with E-state index in [0.717, 1.165) is 11.4 Å². The van der Waals surface area contributed by atoms with Crippen LogP contribution in [0.25, 0.3) is 0 Å². The van der Waals surface area contributed by atoms with Crippen LogP contribution in [-0.2, 0) is 4.84 Å². The molecule has 1 atom stereocenters. The van der Waals surface area contributed by atoms with E-state index in [1.807, 2.05) is 18.2 Å². The molecular formula is C12H16N2O. The topological polar surface area (TPSA) is 33.6 Å². The van der Waals surface area contributed by atoms with Crippen LogP contribution in [-0.4, -0.2) is 12.1 Å². The molecule has 0 radical (unpaired) electrons. The zero-order valence-corrected chi connectivity index (χ0v) is 9.32. The first kappa shape index (κ1) is 10.2. The summed E-state index contributed by atoms with van der Waals surface area (Å²) in [4.78, 5) is 9.88. The zero-order chi connectivity index (χ0) is 10.8. The summed E-state index contributed by atoms with van der Waals surface area (Å²) in [6.45, 7) is 6.26. The van der Waals surface area contributed by atoms with Gasteiger partial charge in [0.15, 0.2) is 12.1 Å². The highest BCUT2D eigenvalue weighted by Crippen LogP contribution is 2.16. The standard InChI is InChI=1S/C12H16N2O/c1-8(2)12-13-11(14-15-12)10-7-5-4-6-9(10)3/h4-8,12H,1-3H3,(H,13,14). The Morgan fingerprint density at radius 1 is 1.33 bits per heavy atom. The fourth-order valence-corrected chi connectivity index (χ4v) is 1.54. The Kier molecular flexibility index (Phi) is 2.73. The molecule has 1 aromatic rings. The highest BCUT2D eigenvalue weighted by Gasteiger charge is 2.22. The molecular weight excluding hydrogens is 188 g/mol. The monoisotopic (exact) mass is 204 g/mol. The Labute approximate surface area is 90.1 Å². The van der Waals surface area contributed by atoms with E-state index in [1.165, 1.54) is 5.56 Å². The van der Waals surface area contributed by atoms with Crippen molar-refractivity contribution in [1.29, 1.82) is 0 Å². The summed E-state index contributed by atoms with van der Waals surface area (Å²) in [5, 5.41) is 0. The van der Waals surface area contributed by atoms with Gasteiger partial charge in [0.2, 0.25) is 0 Å². The Hall–Kier alpha value is -1.35. The summed E-state index contributed by atoms with van der Waals surface area (Å²) in [5.74, 6) is 1.23. The Morgan fingerprint density at radius 3 is 2.67 bits per heavy atom. The second-order valence-corrected chi connectivity index (χ2v) is 4.15. The van der Waals surface area contributed by atoms with Crippen LogP contribution < -0.4 is 5.48 Å². The van der Waals surface area contributed by atoms with E-state index < -0.39 is 0 Å². The lowest BCUT2D eigenvalue weighted by Crippen LogP contribution is -2.21. The third kappa shape index (κ3) is 2.02. The van der Waals surface area contributed by atoms with Gasteiger partial charge >= 0.3 is 0 Å². The van der Waals surface area contributed by atoms with Crippen LogP contribution in [0, 0.1) is 12.8 Å². The fraction of sp³-hybridized carbons (Fsp3) is 0.417. The maximum Gasteiger partial charge on any atom is 0.179 e. The van der Waals surface area contributed by atoms with Crippen LogP contribution >= 0.6 is 0 Å². The van der Waals surface area contributed by atoms with Gasteiger partial charge in [-0.05, 0) is 12.5 Å². The first-order valence-corrected chi connectivity index (χ1v) is 5.24. The lowest BCUT2D eigenvalue weighted by atomic mass is 10.1. The summed E-state index contributed by atoms with van der Waals surface area (Å²) in [5.41, 5.74) is 5.21. The molecule has 1 heterocycles. The van der Waals surface area contributed by atoms with E-state index >= 15 is 0 Å². The molecule has 0 saturated carbocycles. The molecule has 1 aromatic carbocycles. The molecule has 0 bridgehead atoms. The van der Waals surface area contributed by atoms with Crippen molar-refractivity contribution in [1.82, 2.24) is 5.48 Å². The Balaban J connectivity index is 2.27. The van der Waals surface area contributed by atoms with E-state index in [1.54, 1.807) is 0 Å². The quantitative estimate of drug-likeness (QED) is 0.801. The van der Waals surface area contributed by atoms with Crippen molar-refractivity contribution in [3.05, 3.63) is 35.4 Å². The van der Waals surface area contributed by atoms with Gasteiger partial charge in [-0.3, -0.25) is 0 Å². The number of benzene rings is 1. The van der Waals surface area contributed by atoms with Crippen molar-refractivity contribution < 1.29 is 4.84 Å². The van der Waals surface area contributed by atoms with Crippen molar-refractivity contribution in [3.8, 4) is 0 Å².